The number of sulfonamides is 1. The Kier molecular flexibility index (Phi) is 3.47. The second-order valence-corrected chi connectivity index (χ2v) is 8.22. The summed E-state index contributed by atoms with van der Waals surface area (Å²) in [5.41, 5.74) is 4.57. The molecule has 1 saturated heterocycles. The van der Waals surface area contributed by atoms with E-state index in [0.29, 0.717) is 13.1 Å². The van der Waals surface area contributed by atoms with Gasteiger partial charge in [0.1, 0.15) is 0 Å². The van der Waals surface area contributed by atoms with Crippen molar-refractivity contribution < 1.29 is 8.42 Å². The van der Waals surface area contributed by atoms with Gasteiger partial charge in [0, 0.05) is 36.2 Å². The standard InChI is InChI=1S/C16H21N3O2S/c20-22(21,19-7-1-2-8-19)11-12-3-4-15-14(9-12)13-5-6-17-10-16(13)18-15/h3-4,9,17-18H,1-2,5-8,10-11H2. The molecule has 1 fully saturated rings. The molecule has 1 aromatic carbocycles. The first-order chi connectivity index (χ1) is 10.6. The van der Waals surface area contributed by atoms with Crippen molar-refractivity contribution >= 4 is 20.9 Å². The normalized spacial score (nSPS) is 19.6. The van der Waals surface area contributed by atoms with Gasteiger partial charge in [0.25, 0.3) is 0 Å². The van der Waals surface area contributed by atoms with Gasteiger partial charge in [-0.15, -0.1) is 0 Å². The number of aromatic nitrogens is 1. The van der Waals surface area contributed by atoms with Crippen molar-refractivity contribution in [3.63, 3.8) is 0 Å². The Bertz CT molecular complexity index is 804. The molecule has 6 heteroatoms. The second kappa shape index (κ2) is 5.37. The van der Waals surface area contributed by atoms with E-state index in [-0.39, 0.29) is 5.75 Å². The van der Waals surface area contributed by atoms with Crippen LogP contribution >= 0.6 is 0 Å². The van der Waals surface area contributed by atoms with Gasteiger partial charge < -0.3 is 10.3 Å². The molecule has 22 heavy (non-hydrogen) atoms. The Morgan fingerprint density at radius 2 is 2.00 bits per heavy atom. The molecule has 0 atom stereocenters. The zero-order valence-corrected chi connectivity index (χ0v) is 13.4. The van der Waals surface area contributed by atoms with E-state index in [4.69, 9.17) is 0 Å². The minimum atomic E-state index is -3.18. The van der Waals surface area contributed by atoms with Crippen LogP contribution in [0.1, 0.15) is 29.7 Å². The zero-order chi connectivity index (χ0) is 15.2. The predicted octanol–water partition coefficient (Wildman–Crippen LogP) is 1.74. The Morgan fingerprint density at radius 1 is 1.18 bits per heavy atom. The lowest BCUT2D eigenvalue weighted by Crippen LogP contribution is -2.29. The van der Waals surface area contributed by atoms with Crippen LogP contribution in [0.3, 0.4) is 0 Å². The summed E-state index contributed by atoms with van der Waals surface area (Å²) in [5, 5.41) is 4.54. The average Bonchev–Trinajstić information content (AvgIpc) is 3.14. The van der Waals surface area contributed by atoms with E-state index in [1.807, 2.05) is 12.1 Å². The topological polar surface area (TPSA) is 65.2 Å². The molecule has 118 valence electrons. The van der Waals surface area contributed by atoms with Gasteiger partial charge in [-0.3, -0.25) is 0 Å². The molecule has 0 aliphatic carbocycles. The highest BCUT2D eigenvalue weighted by Gasteiger charge is 2.25. The van der Waals surface area contributed by atoms with Gasteiger partial charge in [-0.05, 0) is 49.1 Å². The summed E-state index contributed by atoms with van der Waals surface area (Å²) in [6.45, 7) is 3.20. The fraction of sp³-hybridized carbons (Fsp3) is 0.500. The van der Waals surface area contributed by atoms with E-state index in [9.17, 15) is 8.42 Å². The molecule has 1 aromatic heterocycles. The maximum atomic E-state index is 12.5. The van der Waals surface area contributed by atoms with Crippen LogP contribution in [0.25, 0.3) is 10.9 Å². The molecule has 2 aliphatic rings. The largest absolute Gasteiger partial charge is 0.357 e. The Hall–Kier alpha value is -1.37. The number of benzene rings is 1. The van der Waals surface area contributed by atoms with Crippen LogP contribution in [0.2, 0.25) is 0 Å². The third-order valence-electron chi connectivity index (χ3n) is 4.72. The van der Waals surface area contributed by atoms with Gasteiger partial charge in [-0.2, -0.15) is 0 Å². The number of rotatable bonds is 3. The van der Waals surface area contributed by atoms with Crippen molar-refractivity contribution in [2.24, 2.45) is 0 Å². The minimum Gasteiger partial charge on any atom is -0.357 e. The third-order valence-corrected chi connectivity index (χ3v) is 6.57. The van der Waals surface area contributed by atoms with Gasteiger partial charge in [0.2, 0.25) is 10.0 Å². The second-order valence-electron chi connectivity index (χ2n) is 6.25. The molecule has 0 saturated carbocycles. The summed E-state index contributed by atoms with van der Waals surface area (Å²) in [6, 6.07) is 6.01. The lowest BCUT2D eigenvalue weighted by molar-refractivity contribution is 0.476. The van der Waals surface area contributed by atoms with Crippen LogP contribution in [-0.4, -0.2) is 37.3 Å². The number of fused-ring (bicyclic) bond motifs is 3. The lowest BCUT2D eigenvalue weighted by Gasteiger charge is -2.15. The fourth-order valence-electron chi connectivity index (χ4n) is 3.57. The summed E-state index contributed by atoms with van der Waals surface area (Å²) in [6.07, 6.45) is 2.96. The molecule has 2 aliphatic heterocycles. The SMILES string of the molecule is O=S(=O)(Cc1ccc2[nH]c3c(c2c1)CCNC3)N1CCCC1. The molecule has 0 amide bonds. The number of nitrogens with one attached hydrogen (secondary N) is 2. The summed E-state index contributed by atoms with van der Waals surface area (Å²) in [7, 11) is -3.18. The van der Waals surface area contributed by atoms with Crippen molar-refractivity contribution in [3.8, 4) is 0 Å². The van der Waals surface area contributed by atoms with E-state index in [1.165, 1.54) is 16.6 Å². The van der Waals surface area contributed by atoms with Crippen molar-refractivity contribution in [1.82, 2.24) is 14.6 Å². The highest BCUT2D eigenvalue weighted by atomic mass is 32.2. The number of hydrogen-bond acceptors (Lipinski definition) is 3. The lowest BCUT2D eigenvalue weighted by atomic mass is 10.0. The highest BCUT2D eigenvalue weighted by Crippen LogP contribution is 2.27. The predicted molar refractivity (Wildman–Crippen MR) is 87.1 cm³/mol. The van der Waals surface area contributed by atoms with E-state index < -0.39 is 10.0 Å². The minimum absolute atomic E-state index is 0.112. The maximum absolute atomic E-state index is 12.5. The van der Waals surface area contributed by atoms with Crippen LogP contribution in [-0.2, 0) is 28.7 Å². The molecule has 2 N–H and O–H groups in total. The molecule has 5 nitrogen and oxygen atoms in total. The molecule has 0 radical (unpaired) electrons. The number of H-pyrrole nitrogens is 1. The van der Waals surface area contributed by atoms with E-state index >= 15 is 0 Å². The van der Waals surface area contributed by atoms with Crippen LogP contribution < -0.4 is 5.32 Å². The quantitative estimate of drug-likeness (QED) is 0.906. The number of aromatic amines is 1. The maximum Gasteiger partial charge on any atom is 0.218 e. The smallest absolute Gasteiger partial charge is 0.218 e. The van der Waals surface area contributed by atoms with Gasteiger partial charge in [-0.1, -0.05) is 6.07 Å². The molecule has 4 rings (SSSR count). The molecule has 0 spiro atoms. The van der Waals surface area contributed by atoms with Crippen molar-refractivity contribution in [2.75, 3.05) is 19.6 Å². The van der Waals surface area contributed by atoms with Crippen LogP contribution in [0.5, 0.6) is 0 Å². The van der Waals surface area contributed by atoms with Crippen molar-refractivity contribution in [1.29, 1.82) is 0 Å². The van der Waals surface area contributed by atoms with Crippen LogP contribution in [0, 0.1) is 0 Å². The Labute approximate surface area is 130 Å². The summed E-state index contributed by atoms with van der Waals surface area (Å²) in [4.78, 5) is 3.44. The highest BCUT2D eigenvalue weighted by molar-refractivity contribution is 7.88. The average molecular weight is 319 g/mol. The molecular weight excluding hydrogens is 298 g/mol. The molecule has 2 aromatic rings. The van der Waals surface area contributed by atoms with Crippen LogP contribution in [0.15, 0.2) is 18.2 Å². The number of nitrogens with zero attached hydrogens (tertiary/aromatic N) is 1. The monoisotopic (exact) mass is 319 g/mol. The third kappa shape index (κ3) is 2.45. The van der Waals surface area contributed by atoms with Crippen molar-refractivity contribution in [3.05, 3.63) is 35.0 Å². The molecule has 3 heterocycles. The van der Waals surface area contributed by atoms with Gasteiger partial charge in [0.05, 0.1) is 5.75 Å². The molecule has 0 bridgehead atoms. The fourth-order valence-corrected chi connectivity index (χ4v) is 5.17. The Balaban J connectivity index is 1.67. The molecule has 0 unspecified atom stereocenters. The summed E-state index contributed by atoms with van der Waals surface area (Å²) in [5.74, 6) is 0.112. The van der Waals surface area contributed by atoms with Gasteiger partial charge >= 0.3 is 0 Å². The molecular formula is C16H21N3O2S. The van der Waals surface area contributed by atoms with Gasteiger partial charge in [-0.25, -0.2) is 12.7 Å². The summed E-state index contributed by atoms with van der Waals surface area (Å²) < 4.78 is 26.6. The van der Waals surface area contributed by atoms with E-state index in [0.717, 1.165) is 43.4 Å². The van der Waals surface area contributed by atoms with Gasteiger partial charge in [0.15, 0.2) is 0 Å². The van der Waals surface area contributed by atoms with E-state index in [2.05, 4.69) is 16.4 Å². The first-order valence-electron chi connectivity index (χ1n) is 7.94. The van der Waals surface area contributed by atoms with E-state index in [1.54, 1.807) is 4.31 Å². The zero-order valence-electron chi connectivity index (χ0n) is 12.6. The van der Waals surface area contributed by atoms with Crippen molar-refractivity contribution in [2.45, 2.75) is 31.6 Å². The Morgan fingerprint density at radius 3 is 2.82 bits per heavy atom. The number of hydrogen-bond donors (Lipinski definition) is 2. The summed E-state index contributed by atoms with van der Waals surface area (Å²) >= 11 is 0. The first kappa shape index (κ1) is 14.2. The van der Waals surface area contributed by atoms with Crippen LogP contribution in [0.4, 0.5) is 0 Å². The first-order valence-corrected chi connectivity index (χ1v) is 9.55.